The van der Waals surface area contributed by atoms with Crippen LogP contribution in [0.4, 0.5) is 5.69 Å². The van der Waals surface area contributed by atoms with Crippen LogP contribution in [0.5, 0.6) is 0 Å². The van der Waals surface area contributed by atoms with Crippen LogP contribution in [0.25, 0.3) is 6.08 Å². The number of rotatable bonds is 2. The van der Waals surface area contributed by atoms with E-state index in [2.05, 4.69) is 4.98 Å². The van der Waals surface area contributed by atoms with Gasteiger partial charge in [0, 0.05) is 18.8 Å². The Morgan fingerprint density at radius 2 is 2.32 bits per heavy atom. The number of anilines is 1. The van der Waals surface area contributed by atoms with E-state index in [1.807, 2.05) is 18.2 Å². The Labute approximate surface area is 111 Å². The molecule has 4 heteroatoms. The van der Waals surface area contributed by atoms with E-state index in [-0.39, 0.29) is 5.91 Å². The molecule has 2 aromatic heterocycles. The molecule has 0 aromatic carbocycles. The van der Waals surface area contributed by atoms with E-state index in [0.717, 1.165) is 30.8 Å². The van der Waals surface area contributed by atoms with Crippen LogP contribution in [0.15, 0.2) is 47.2 Å². The van der Waals surface area contributed by atoms with Gasteiger partial charge in [0.2, 0.25) is 0 Å². The predicted molar refractivity (Wildman–Crippen MR) is 72.7 cm³/mol. The summed E-state index contributed by atoms with van der Waals surface area (Å²) < 4.78 is 5.17. The summed E-state index contributed by atoms with van der Waals surface area (Å²) in [6.45, 7) is 0.736. The van der Waals surface area contributed by atoms with Crippen molar-refractivity contribution < 1.29 is 9.21 Å². The van der Waals surface area contributed by atoms with Crippen molar-refractivity contribution in [3.63, 3.8) is 0 Å². The number of aryl methyl sites for hydroxylation is 1. The smallest absolute Gasteiger partial charge is 0.251 e. The van der Waals surface area contributed by atoms with Crippen LogP contribution in [0.3, 0.4) is 0 Å². The third kappa shape index (κ3) is 2.42. The van der Waals surface area contributed by atoms with Crippen molar-refractivity contribution in [1.82, 2.24) is 4.98 Å². The molecule has 96 valence electrons. The van der Waals surface area contributed by atoms with Gasteiger partial charge in [0.05, 0.1) is 17.6 Å². The van der Waals surface area contributed by atoms with Crippen LogP contribution in [0, 0.1) is 0 Å². The molecule has 0 spiro atoms. The molecule has 2 aromatic rings. The average Bonchev–Trinajstić information content (AvgIpc) is 2.97. The van der Waals surface area contributed by atoms with Gasteiger partial charge in [-0.1, -0.05) is 0 Å². The molecule has 0 bridgehead atoms. The number of aromatic nitrogens is 1. The van der Waals surface area contributed by atoms with Gasteiger partial charge in [0.15, 0.2) is 0 Å². The number of fused-ring (bicyclic) bond motifs is 1. The molecule has 0 saturated carbocycles. The normalized spacial score (nSPS) is 14.6. The first kappa shape index (κ1) is 11.7. The van der Waals surface area contributed by atoms with Crippen LogP contribution < -0.4 is 4.90 Å². The van der Waals surface area contributed by atoms with Crippen LogP contribution in [0.2, 0.25) is 0 Å². The Morgan fingerprint density at radius 3 is 3.16 bits per heavy atom. The second-order valence-electron chi connectivity index (χ2n) is 4.41. The van der Waals surface area contributed by atoms with Gasteiger partial charge in [-0.15, -0.1) is 0 Å². The minimum Gasteiger partial charge on any atom is -0.465 e. The van der Waals surface area contributed by atoms with Crippen LogP contribution in [0.1, 0.15) is 17.9 Å². The SMILES string of the molecule is O=C(/C=C\c1ccco1)N1CCCc2ncccc21. The maximum atomic E-state index is 12.2. The monoisotopic (exact) mass is 254 g/mol. The number of carbonyl (C=O) groups is 1. The van der Waals surface area contributed by atoms with Crippen molar-refractivity contribution in [2.45, 2.75) is 12.8 Å². The van der Waals surface area contributed by atoms with Gasteiger partial charge in [0.1, 0.15) is 5.76 Å². The van der Waals surface area contributed by atoms with E-state index < -0.39 is 0 Å². The molecular formula is C15H14N2O2. The molecule has 0 atom stereocenters. The lowest BCUT2D eigenvalue weighted by Crippen LogP contribution is -2.34. The molecule has 0 N–H and O–H groups in total. The minimum atomic E-state index is -0.0367. The maximum Gasteiger partial charge on any atom is 0.251 e. The molecule has 1 aliphatic rings. The van der Waals surface area contributed by atoms with Gasteiger partial charge in [-0.2, -0.15) is 0 Å². The number of hydrogen-bond acceptors (Lipinski definition) is 3. The summed E-state index contributed by atoms with van der Waals surface area (Å²) in [5, 5.41) is 0. The van der Waals surface area contributed by atoms with Gasteiger partial charge in [-0.05, 0) is 43.2 Å². The summed E-state index contributed by atoms with van der Waals surface area (Å²) in [4.78, 5) is 18.3. The summed E-state index contributed by atoms with van der Waals surface area (Å²) in [5.41, 5.74) is 1.91. The van der Waals surface area contributed by atoms with Crippen molar-refractivity contribution in [2.75, 3.05) is 11.4 Å². The van der Waals surface area contributed by atoms with Gasteiger partial charge < -0.3 is 9.32 Å². The standard InChI is InChI=1S/C15H14N2O2/c18-15(8-7-12-4-3-11-19-12)17-10-2-5-13-14(17)6-1-9-16-13/h1,3-4,6-9,11H,2,5,10H2/b8-7-. The van der Waals surface area contributed by atoms with E-state index in [1.54, 1.807) is 35.6 Å². The third-order valence-electron chi connectivity index (χ3n) is 3.15. The minimum absolute atomic E-state index is 0.0367. The first-order valence-corrected chi connectivity index (χ1v) is 6.31. The van der Waals surface area contributed by atoms with Crippen molar-refractivity contribution in [3.8, 4) is 0 Å². The zero-order valence-corrected chi connectivity index (χ0v) is 10.5. The molecule has 3 heterocycles. The maximum absolute atomic E-state index is 12.2. The Hall–Kier alpha value is -2.36. The first-order valence-electron chi connectivity index (χ1n) is 6.31. The fraction of sp³-hybridized carbons (Fsp3) is 0.200. The van der Waals surface area contributed by atoms with Gasteiger partial charge in [-0.25, -0.2) is 0 Å². The van der Waals surface area contributed by atoms with E-state index >= 15 is 0 Å². The highest BCUT2D eigenvalue weighted by atomic mass is 16.3. The topological polar surface area (TPSA) is 46.3 Å². The number of hydrogen-bond donors (Lipinski definition) is 0. The second-order valence-corrected chi connectivity index (χ2v) is 4.41. The molecule has 1 amide bonds. The predicted octanol–water partition coefficient (Wildman–Crippen LogP) is 2.67. The summed E-state index contributed by atoms with van der Waals surface area (Å²) in [5.74, 6) is 0.641. The molecule has 1 aliphatic heterocycles. The average molecular weight is 254 g/mol. The van der Waals surface area contributed by atoms with Crippen molar-refractivity contribution >= 4 is 17.7 Å². The first-order chi connectivity index (χ1) is 9.34. The molecule has 3 rings (SSSR count). The summed E-state index contributed by atoms with van der Waals surface area (Å²) in [7, 11) is 0. The zero-order chi connectivity index (χ0) is 13.1. The molecule has 0 saturated heterocycles. The molecule has 0 radical (unpaired) electrons. The number of carbonyl (C=O) groups excluding carboxylic acids is 1. The summed E-state index contributed by atoms with van der Waals surface area (Å²) in [6.07, 6.45) is 8.47. The largest absolute Gasteiger partial charge is 0.465 e. The number of furan rings is 1. The van der Waals surface area contributed by atoms with Crippen molar-refractivity contribution in [3.05, 3.63) is 54.3 Å². The quantitative estimate of drug-likeness (QED) is 0.774. The Bertz CT molecular complexity index is 602. The van der Waals surface area contributed by atoms with Gasteiger partial charge in [0.25, 0.3) is 5.91 Å². The lowest BCUT2D eigenvalue weighted by Gasteiger charge is -2.27. The van der Waals surface area contributed by atoms with E-state index in [0.29, 0.717) is 5.76 Å². The van der Waals surface area contributed by atoms with Gasteiger partial charge >= 0.3 is 0 Å². The number of nitrogens with zero attached hydrogens (tertiary/aromatic N) is 2. The Kier molecular flexibility index (Phi) is 3.14. The van der Waals surface area contributed by atoms with Crippen LogP contribution in [-0.2, 0) is 11.2 Å². The number of amides is 1. The fourth-order valence-electron chi connectivity index (χ4n) is 2.25. The highest BCUT2D eigenvalue weighted by molar-refractivity contribution is 6.04. The van der Waals surface area contributed by atoms with Gasteiger partial charge in [-0.3, -0.25) is 9.78 Å². The molecule has 0 fully saturated rings. The fourth-order valence-corrected chi connectivity index (χ4v) is 2.25. The Balaban J connectivity index is 1.81. The van der Waals surface area contributed by atoms with Crippen LogP contribution in [-0.4, -0.2) is 17.4 Å². The molecule has 0 unspecified atom stereocenters. The van der Waals surface area contributed by atoms with Crippen molar-refractivity contribution in [1.29, 1.82) is 0 Å². The lowest BCUT2D eigenvalue weighted by atomic mass is 10.1. The summed E-state index contributed by atoms with van der Waals surface area (Å²) in [6, 6.07) is 7.42. The highest BCUT2D eigenvalue weighted by Crippen LogP contribution is 2.25. The molecule has 19 heavy (non-hydrogen) atoms. The van der Waals surface area contributed by atoms with Crippen molar-refractivity contribution in [2.24, 2.45) is 0 Å². The summed E-state index contributed by atoms with van der Waals surface area (Å²) >= 11 is 0. The second kappa shape index (κ2) is 5.10. The van der Waals surface area contributed by atoms with E-state index in [1.165, 1.54) is 0 Å². The number of pyridine rings is 1. The van der Waals surface area contributed by atoms with Crippen LogP contribution >= 0.6 is 0 Å². The Morgan fingerprint density at radius 1 is 1.37 bits per heavy atom. The molecule has 0 aliphatic carbocycles. The highest BCUT2D eigenvalue weighted by Gasteiger charge is 2.21. The third-order valence-corrected chi connectivity index (χ3v) is 3.15. The lowest BCUT2D eigenvalue weighted by molar-refractivity contribution is -0.114. The van der Waals surface area contributed by atoms with E-state index in [4.69, 9.17) is 4.42 Å². The molecular weight excluding hydrogens is 240 g/mol. The van der Waals surface area contributed by atoms with E-state index in [9.17, 15) is 4.79 Å². The molecule has 4 nitrogen and oxygen atoms in total. The zero-order valence-electron chi connectivity index (χ0n) is 10.5.